The zero-order chi connectivity index (χ0) is 16.4. The molecule has 0 saturated carbocycles. The van der Waals surface area contributed by atoms with Crippen molar-refractivity contribution in [1.82, 2.24) is 19.2 Å². The van der Waals surface area contributed by atoms with Crippen LogP contribution >= 0.6 is 0 Å². The van der Waals surface area contributed by atoms with Crippen LogP contribution in [-0.2, 0) is 13.1 Å². The lowest BCUT2D eigenvalue weighted by molar-refractivity contribution is 0.121. The first kappa shape index (κ1) is 15.3. The third-order valence-electron chi connectivity index (χ3n) is 4.56. The van der Waals surface area contributed by atoms with E-state index < -0.39 is 0 Å². The molecule has 2 aromatic heterocycles. The van der Waals surface area contributed by atoms with Gasteiger partial charge in [0.1, 0.15) is 11.5 Å². The number of piperazine rings is 1. The molecule has 3 heterocycles. The molecule has 1 fully saturated rings. The molecule has 0 bridgehead atoms. The standard InChI is InChI=1S/C19H21FN4/c20-17-6-7-19-21-18(15-24(19)13-17)14-23-10-8-22(9-11-23)12-16-4-2-1-3-5-16/h1-7,13,15H,8-12,14H2. The van der Waals surface area contributed by atoms with Gasteiger partial charge in [0.2, 0.25) is 0 Å². The molecule has 0 radical (unpaired) electrons. The largest absolute Gasteiger partial charge is 0.304 e. The van der Waals surface area contributed by atoms with Gasteiger partial charge in [0.15, 0.2) is 0 Å². The molecule has 1 aromatic carbocycles. The highest BCUT2D eigenvalue weighted by atomic mass is 19.1. The lowest BCUT2D eigenvalue weighted by atomic mass is 10.2. The van der Waals surface area contributed by atoms with Crippen LogP contribution in [0.2, 0.25) is 0 Å². The maximum atomic E-state index is 13.3. The third kappa shape index (κ3) is 3.47. The van der Waals surface area contributed by atoms with Crippen LogP contribution in [0, 0.1) is 5.82 Å². The summed E-state index contributed by atoms with van der Waals surface area (Å²) >= 11 is 0. The van der Waals surface area contributed by atoms with E-state index in [0.717, 1.165) is 50.6 Å². The molecule has 0 amide bonds. The monoisotopic (exact) mass is 324 g/mol. The molecule has 124 valence electrons. The van der Waals surface area contributed by atoms with E-state index in [9.17, 15) is 4.39 Å². The van der Waals surface area contributed by atoms with Gasteiger partial charge in [0.05, 0.1) is 5.69 Å². The van der Waals surface area contributed by atoms with Crippen LogP contribution in [0.3, 0.4) is 0 Å². The van der Waals surface area contributed by atoms with Crippen LogP contribution in [0.1, 0.15) is 11.3 Å². The molecule has 0 N–H and O–H groups in total. The van der Waals surface area contributed by atoms with Crippen molar-refractivity contribution in [2.75, 3.05) is 26.2 Å². The molecule has 0 spiro atoms. The van der Waals surface area contributed by atoms with Gasteiger partial charge in [-0.15, -0.1) is 0 Å². The Morgan fingerprint density at radius 2 is 1.54 bits per heavy atom. The number of hydrogen-bond donors (Lipinski definition) is 0. The summed E-state index contributed by atoms with van der Waals surface area (Å²) in [6.45, 7) is 6.04. The second-order valence-corrected chi connectivity index (χ2v) is 6.38. The predicted octanol–water partition coefficient (Wildman–Crippen LogP) is 2.79. The molecule has 0 atom stereocenters. The first-order valence-electron chi connectivity index (χ1n) is 8.38. The first-order chi connectivity index (χ1) is 11.8. The van der Waals surface area contributed by atoms with E-state index in [1.54, 1.807) is 10.5 Å². The van der Waals surface area contributed by atoms with E-state index in [1.807, 2.05) is 6.20 Å². The lowest BCUT2D eigenvalue weighted by Gasteiger charge is -2.34. The van der Waals surface area contributed by atoms with Crippen molar-refractivity contribution in [2.24, 2.45) is 0 Å². The molecular formula is C19H21FN4. The van der Waals surface area contributed by atoms with E-state index in [0.29, 0.717) is 0 Å². The minimum Gasteiger partial charge on any atom is -0.304 e. The molecule has 24 heavy (non-hydrogen) atoms. The highest BCUT2D eigenvalue weighted by Gasteiger charge is 2.18. The SMILES string of the molecule is Fc1ccc2nc(CN3CCN(Cc4ccccc4)CC3)cn2c1. The topological polar surface area (TPSA) is 23.8 Å². The number of imidazole rings is 1. The number of hydrogen-bond acceptors (Lipinski definition) is 3. The summed E-state index contributed by atoms with van der Waals surface area (Å²) in [5.74, 6) is -0.235. The Morgan fingerprint density at radius 1 is 0.833 bits per heavy atom. The Bertz CT molecular complexity index is 807. The van der Waals surface area contributed by atoms with Gasteiger partial charge in [0, 0.05) is 51.7 Å². The molecular weight excluding hydrogens is 303 g/mol. The van der Waals surface area contributed by atoms with Crippen molar-refractivity contribution >= 4 is 5.65 Å². The van der Waals surface area contributed by atoms with Crippen molar-refractivity contribution in [2.45, 2.75) is 13.1 Å². The van der Waals surface area contributed by atoms with Crippen molar-refractivity contribution < 1.29 is 4.39 Å². The van der Waals surface area contributed by atoms with Crippen molar-refractivity contribution in [3.63, 3.8) is 0 Å². The Balaban J connectivity index is 1.34. The summed E-state index contributed by atoms with van der Waals surface area (Å²) < 4.78 is 15.0. The molecule has 4 rings (SSSR count). The van der Waals surface area contributed by atoms with Gasteiger partial charge in [-0.3, -0.25) is 9.80 Å². The molecule has 1 aliphatic rings. The number of pyridine rings is 1. The minimum absolute atomic E-state index is 0.235. The van der Waals surface area contributed by atoms with Gasteiger partial charge in [-0.05, 0) is 17.7 Å². The Kier molecular flexibility index (Phi) is 4.28. The van der Waals surface area contributed by atoms with Gasteiger partial charge in [-0.2, -0.15) is 0 Å². The molecule has 0 unspecified atom stereocenters. The van der Waals surface area contributed by atoms with Crippen LogP contribution < -0.4 is 0 Å². The smallest absolute Gasteiger partial charge is 0.139 e. The number of fused-ring (bicyclic) bond motifs is 1. The van der Waals surface area contributed by atoms with Crippen LogP contribution in [0.15, 0.2) is 54.9 Å². The Labute approximate surface area is 141 Å². The summed E-state index contributed by atoms with van der Waals surface area (Å²) in [5, 5.41) is 0. The minimum atomic E-state index is -0.235. The van der Waals surface area contributed by atoms with Gasteiger partial charge >= 0.3 is 0 Å². The predicted molar refractivity (Wildman–Crippen MR) is 92.1 cm³/mol. The van der Waals surface area contributed by atoms with E-state index in [1.165, 1.54) is 17.8 Å². The maximum absolute atomic E-state index is 13.3. The van der Waals surface area contributed by atoms with Gasteiger partial charge in [-0.1, -0.05) is 30.3 Å². The van der Waals surface area contributed by atoms with Gasteiger partial charge in [0.25, 0.3) is 0 Å². The van der Waals surface area contributed by atoms with Gasteiger partial charge < -0.3 is 4.40 Å². The normalized spacial score (nSPS) is 16.7. The van der Waals surface area contributed by atoms with Crippen LogP contribution in [0.25, 0.3) is 5.65 Å². The van der Waals surface area contributed by atoms with Gasteiger partial charge in [-0.25, -0.2) is 9.37 Å². The fraction of sp³-hybridized carbons (Fsp3) is 0.316. The van der Waals surface area contributed by atoms with E-state index in [-0.39, 0.29) is 5.82 Å². The summed E-state index contributed by atoms with van der Waals surface area (Å²) in [4.78, 5) is 9.48. The summed E-state index contributed by atoms with van der Waals surface area (Å²) in [5.41, 5.74) is 3.17. The molecule has 5 heteroatoms. The quantitative estimate of drug-likeness (QED) is 0.737. The average Bonchev–Trinajstić information content (AvgIpc) is 2.99. The number of nitrogens with zero attached hydrogens (tertiary/aromatic N) is 4. The summed E-state index contributed by atoms with van der Waals surface area (Å²) in [7, 11) is 0. The molecule has 0 aliphatic carbocycles. The number of rotatable bonds is 4. The highest BCUT2D eigenvalue weighted by Crippen LogP contribution is 2.12. The zero-order valence-electron chi connectivity index (χ0n) is 13.6. The van der Waals surface area contributed by atoms with Crippen LogP contribution in [-0.4, -0.2) is 45.4 Å². The lowest BCUT2D eigenvalue weighted by Crippen LogP contribution is -2.45. The molecule has 3 aromatic rings. The van der Waals surface area contributed by atoms with E-state index >= 15 is 0 Å². The maximum Gasteiger partial charge on any atom is 0.139 e. The van der Waals surface area contributed by atoms with Crippen molar-refractivity contribution in [1.29, 1.82) is 0 Å². The third-order valence-corrected chi connectivity index (χ3v) is 4.56. The second-order valence-electron chi connectivity index (χ2n) is 6.38. The first-order valence-corrected chi connectivity index (χ1v) is 8.38. The van der Waals surface area contributed by atoms with Crippen molar-refractivity contribution in [3.8, 4) is 0 Å². The average molecular weight is 324 g/mol. The fourth-order valence-corrected chi connectivity index (χ4v) is 3.27. The Hall–Kier alpha value is -2.24. The van der Waals surface area contributed by atoms with E-state index in [2.05, 4.69) is 45.1 Å². The molecule has 1 aliphatic heterocycles. The summed E-state index contributed by atoms with van der Waals surface area (Å²) in [6.07, 6.45) is 3.40. The number of benzene rings is 1. The molecule has 4 nitrogen and oxygen atoms in total. The molecule has 1 saturated heterocycles. The second kappa shape index (κ2) is 6.71. The highest BCUT2D eigenvalue weighted by molar-refractivity contribution is 5.39. The fourth-order valence-electron chi connectivity index (χ4n) is 3.27. The zero-order valence-corrected chi connectivity index (χ0v) is 13.6. The van der Waals surface area contributed by atoms with E-state index in [4.69, 9.17) is 0 Å². The Morgan fingerprint density at radius 3 is 2.29 bits per heavy atom. The van der Waals surface area contributed by atoms with Crippen molar-refractivity contribution in [3.05, 3.63) is 71.9 Å². The van der Waals surface area contributed by atoms with Crippen LogP contribution in [0.4, 0.5) is 4.39 Å². The van der Waals surface area contributed by atoms with Crippen LogP contribution in [0.5, 0.6) is 0 Å². The number of aromatic nitrogens is 2. The number of halogens is 1. The summed E-state index contributed by atoms with van der Waals surface area (Å²) in [6, 6.07) is 13.8.